The van der Waals surface area contributed by atoms with Crippen molar-refractivity contribution < 1.29 is 53.3 Å². The molecule has 17 atom stereocenters. The number of nitrogens with zero attached hydrogens (tertiary/aromatic N) is 4. The maximum atomic E-state index is 14.4. The van der Waals surface area contributed by atoms with Crippen LogP contribution in [0.4, 0.5) is 0 Å². The predicted octanol–water partition coefficient (Wildman–Crippen LogP) is 4.17. The van der Waals surface area contributed by atoms with Gasteiger partial charge in [-0.25, -0.2) is 0 Å². The zero-order chi connectivity index (χ0) is 42.6. The number of nitrogens with one attached hydrogen (secondary N) is 1. The SMILES string of the molecule is CC[C@H]1OC(=O)C(C)C(OC2CC(C)(OC)C(O)(CN=[N+]=[N-])C(C)O2)C(C)C(OC2OC(C)CC(N(C)C)C2OC)C(C)(C)CC(C)CNC(C)C(O)C1(C)O. The number of azide groups is 1. The van der Waals surface area contributed by atoms with Gasteiger partial charge in [-0.15, -0.1) is 0 Å². The fourth-order valence-corrected chi connectivity index (χ4v) is 9.48. The van der Waals surface area contributed by atoms with Gasteiger partial charge >= 0.3 is 5.97 Å². The van der Waals surface area contributed by atoms with Crippen molar-refractivity contribution in [3.63, 3.8) is 0 Å². The van der Waals surface area contributed by atoms with Crippen LogP contribution in [0.3, 0.4) is 0 Å². The molecule has 0 radical (unpaired) electrons. The maximum Gasteiger partial charge on any atom is 0.311 e. The summed E-state index contributed by atoms with van der Waals surface area (Å²) in [6, 6.07) is -0.508. The van der Waals surface area contributed by atoms with Crippen LogP contribution >= 0.6 is 0 Å². The molecular formula is C40H75N5O11. The molecule has 0 aliphatic carbocycles. The van der Waals surface area contributed by atoms with Crippen LogP contribution in [-0.2, 0) is 38.0 Å². The zero-order valence-electron chi connectivity index (χ0n) is 36.7. The third-order valence-corrected chi connectivity index (χ3v) is 13.1. The fraction of sp³-hybridized carbons (Fsp3) is 0.975. The van der Waals surface area contributed by atoms with Gasteiger partial charge in [0, 0.05) is 43.6 Å². The number of hydrogen-bond donors (Lipinski definition) is 4. The monoisotopic (exact) mass is 802 g/mol. The topological polar surface area (TPSA) is 206 Å². The molecule has 0 amide bonds. The first-order valence-electron chi connectivity index (χ1n) is 20.4. The van der Waals surface area contributed by atoms with Gasteiger partial charge in [-0.3, -0.25) is 4.79 Å². The highest BCUT2D eigenvalue weighted by Crippen LogP contribution is 2.45. The second kappa shape index (κ2) is 19.6. The Morgan fingerprint density at radius 1 is 1.00 bits per heavy atom. The van der Waals surface area contributed by atoms with Crippen molar-refractivity contribution in [1.29, 1.82) is 0 Å². The Morgan fingerprint density at radius 2 is 1.64 bits per heavy atom. The molecule has 0 aromatic carbocycles. The second-order valence-electron chi connectivity index (χ2n) is 18.2. The Hall–Kier alpha value is -1.66. The average Bonchev–Trinajstić information content (AvgIpc) is 3.13. The number of rotatable bonds is 10. The van der Waals surface area contributed by atoms with E-state index in [4.69, 9.17) is 38.7 Å². The molecule has 3 aliphatic rings. The smallest absolute Gasteiger partial charge is 0.311 e. The average molecular weight is 802 g/mol. The van der Waals surface area contributed by atoms with Crippen LogP contribution in [0.2, 0.25) is 0 Å². The number of hydrogen-bond acceptors (Lipinski definition) is 14. The number of aliphatic hydroxyl groups excluding tert-OH is 1. The van der Waals surface area contributed by atoms with E-state index in [9.17, 15) is 20.1 Å². The van der Waals surface area contributed by atoms with E-state index in [-0.39, 0.29) is 37.5 Å². The number of methoxy groups -OCH3 is 2. The van der Waals surface area contributed by atoms with Gasteiger partial charge in [0.2, 0.25) is 0 Å². The number of ether oxygens (including phenoxy) is 7. The fourth-order valence-electron chi connectivity index (χ4n) is 9.48. The molecule has 16 heteroatoms. The molecule has 0 aromatic heterocycles. The van der Waals surface area contributed by atoms with Gasteiger partial charge in [-0.05, 0) is 98.3 Å². The molecule has 0 spiro atoms. The van der Waals surface area contributed by atoms with Gasteiger partial charge in [0.05, 0.1) is 36.9 Å². The summed E-state index contributed by atoms with van der Waals surface area (Å²) < 4.78 is 45.0. The van der Waals surface area contributed by atoms with E-state index in [1.807, 2.05) is 34.9 Å². The summed E-state index contributed by atoms with van der Waals surface area (Å²) in [6.45, 7) is 20.8. The van der Waals surface area contributed by atoms with Gasteiger partial charge in [-0.1, -0.05) is 39.7 Å². The summed E-state index contributed by atoms with van der Waals surface area (Å²) in [5.74, 6) is -2.01. The van der Waals surface area contributed by atoms with E-state index in [2.05, 4.69) is 41.0 Å². The first-order chi connectivity index (χ1) is 25.9. The van der Waals surface area contributed by atoms with E-state index in [0.717, 1.165) is 6.42 Å². The van der Waals surface area contributed by atoms with Gasteiger partial charge in [-0.2, -0.15) is 0 Å². The van der Waals surface area contributed by atoms with E-state index in [1.165, 1.54) is 14.0 Å². The summed E-state index contributed by atoms with van der Waals surface area (Å²) in [5, 5.41) is 42.0. The van der Waals surface area contributed by atoms with E-state index in [1.54, 1.807) is 34.8 Å². The molecule has 4 N–H and O–H groups in total. The molecule has 3 heterocycles. The van der Waals surface area contributed by atoms with Crippen molar-refractivity contribution in [2.45, 2.75) is 186 Å². The molecule has 0 saturated carbocycles. The molecule has 3 fully saturated rings. The maximum absolute atomic E-state index is 14.4. The second-order valence-corrected chi connectivity index (χ2v) is 18.2. The minimum absolute atomic E-state index is 0.0122. The highest BCUT2D eigenvalue weighted by molar-refractivity contribution is 5.73. The lowest BCUT2D eigenvalue weighted by molar-refractivity contribution is -0.334. The van der Waals surface area contributed by atoms with Crippen molar-refractivity contribution in [3.05, 3.63) is 10.4 Å². The molecule has 3 saturated heterocycles. The molecule has 16 unspecified atom stereocenters. The Balaban J connectivity index is 2.20. The third kappa shape index (κ3) is 10.6. The molecule has 3 rings (SSSR count). The number of likely N-dealkylation sites (N-methyl/N-ethyl adjacent to an activating group) is 1. The minimum atomic E-state index is -1.78. The van der Waals surface area contributed by atoms with E-state index < -0.39 is 95.3 Å². The van der Waals surface area contributed by atoms with Crippen molar-refractivity contribution in [3.8, 4) is 0 Å². The van der Waals surface area contributed by atoms with Gasteiger partial charge in [0.25, 0.3) is 0 Å². The van der Waals surface area contributed by atoms with Crippen LogP contribution in [-0.4, -0.2) is 152 Å². The van der Waals surface area contributed by atoms with Gasteiger partial charge in [0.1, 0.15) is 35.1 Å². The van der Waals surface area contributed by atoms with Crippen molar-refractivity contribution in [2.24, 2.45) is 28.3 Å². The standard InChI is InChI=1S/C40H75N5O11/c1-16-29-39(11,48)33(46)26(6)42-20-22(2)18-37(8,9)34(56-36-32(50-14)28(45(12)13)17-23(3)52-36)24(4)31(25(5)35(47)54-29)55-30-19-38(10,51-15)40(49,21-43-44-41)27(7)53-30/h22-34,36,42,46,48-49H,16-21H2,1-15H3/t22?,23?,24?,25?,26?,27?,28?,29-,30?,31?,32?,33?,34?,36?,38?,39?,40?/m1/s1. The van der Waals surface area contributed by atoms with E-state index in [0.29, 0.717) is 13.0 Å². The first-order valence-corrected chi connectivity index (χ1v) is 20.4. The first kappa shape index (κ1) is 48.7. The summed E-state index contributed by atoms with van der Waals surface area (Å²) >= 11 is 0. The number of cyclic esters (lactones) is 1. The summed E-state index contributed by atoms with van der Waals surface area (Å²) in [4.78, 5) is 19.4. The Kier molecular flexibility index (Phi) is 17.0. The number of aliphatic hydroxyl groups is 3. The number of carbonyl (C=O) groups excluding carboxylic acids is 1. The summed E-state index contributed by atoms with van der Waals surface area (Å²) in [7, 11) is 7.15. The zero-order valence-corrected chi connectivity index (χ0v) is 36.7. The molecule has 3 aliphatic heterocycles. The molecule has 56 heavy (non-hydrogen) atoms. The molecular weight excluding hydrogens is 726 g/mol. The molecule has 0 bridgehead atoms. The lowest BCUT2D eigenvalue weighted by atomic mass is 9.71. The van der Waals surface area contributed by atoms with Crippen LogP contribution in [0.5, 0.6) is 0 Å². The van der Waals surface area contributed by atoms with Crippen LogP contribution in [0.1, 0.15) is 102 Å². The largest absolute Gasteiger partial charge is 0.459 e. The lowest BCUT2D eigenvalue weighted by Gasteiger charge is -2.53. The molecule has 16 nitrogen and oxygen atoms in total. The predicted molar refractivity (Wildman–Crippen MR) is 210 cm³/mol. The van der Waals surface area contributed by atoms with Crippen LogP contribution in [0.15, 0.2) is 5.11 Å². The van der Waals surface area contributed by atoms with Gasteiger partial charge < -0.3 is 58.7 Å². The normalized spacial score (nSPS) is 45.9. The third-order valence-electron chi connectivity index (χ3n) is 13.1. The van der Waals surface area contributed by atoms with Crippen LogP contribution in [0, 0.1) is 23.2 Å². The highest BCUT2D eigenvalue weighted by atomic mass is 16.7. The Labute approximate surface area is 335 Å². The highest BCUT2D eigenvalue weighted by Gasteiger charge is 2.58. The van der Waals surface area contributed by atoms with Gasteiger partial charge in [0.15, 0.2) is 12.6 Å². The minimum Gasteiger partial charge on any atom is -0.459 e. The quantitative estimate of drug-likeness (QED) is 0.106. The Bertz CT molecular complexity index is 1320. The summed E-state index contributed by atoms with van der Waals surface area (Å²) in [6.07, 6.45) is -5.29. The number of carbonyl (C=O) groups is 1. The van der Waals surface area contributed by atoms with Crippen molar-refractivity contribution in [1.82, 2.24) is 10.2 Å². The van der Waals surface area contributed by atoms with E-state index >= 15 is 0 Å². The van der Waals surface area contributed by atoms with Crippen molar-refractivity contribution >= 4 is 5.97 Å². The number of esters is 1. The summed E-state index contributed by atoms with van der Waals surface area (Å²) in [5.41, 5.74) is 3.80. The molecule has 326 valence electrons. The molecule has 0 aromatic rings. The van der Waals surface area contributed by atoms with Crippen molar-refractivity contribution in [2.75, 3.05) is 41.4 Å². The van der Waals surface area contributed by atoms with Crippen LogP contribution < -0.4 is 5.32 Å². The Morgan fingerprint density at radius 3 is 2.20 bits per heavy atom. The van der Waals surface area contributed by atoms with Crippen LogP contribution in [0.25, 0.3) is 10.4 Å². The lowest BCUT2D eigenvalue weighted by Crippen LogP contribution is -2.68.